The van der Waals surface area contributed by atoms with E-state index in [0.29, 0.717) is 0 Å². The van der Waals surface area contributed by atoms with Crippen LogP contribution in [0, 0.1) is 11.8 Å². The summed E-state index contributed by atoms with van der Waals surface area (Å²) in [5.41, 5.74) is 7.72. The highest BCUT2D eigenvalue weighted by Gasteiger charge is 2.24. The van der Waals surface area contributed by atoms with Crippen molar-refractivity contribution in [3.63, 3.8) is 0 Å². The second kappa shape index (κ2) is 8.00. The fourth-order valence-corrected chi connectivity index (χ4v) is 2.50. The summed E-state index contributed by atoms with van der Waals surface area (Å²) in [7, 11) is 0. The number of anilines is 1. The Labute approximate surface area is 126 Å². The Morgan fingerprint density at radius 1 is 1.30 bits per heavy atom. The molecule has 0 heterocycles. The summed E-state index contributed by atoms with van der Waals surface area (Å²) < 4.78 is 0. The number of benzene rings is 1. The number of nitrogens with one attached hydrogen (secondary N) is 1. The molecule has 0 spiro atoms. The molecular weight excluding hydrogens is 268 g/mol. The van der Waals surface area contributed by atoms with Crippen molar-refractivity contribution in [2.45, 2.75) is 40.0 Å². The average molecular weight is 292 g/mol. The normalized spacial score (nSPS) is 12.2. The third-order valence-electron chi connectivity index (χ3n) is 3.30. The van der Waals surface area contributed by atoms with E-state index in [0.717, 1.165) is 12.1 Å². The molecule has 4 heteroatoms. The van der Waals surface area contributed by atoms with Gasteiger partial charge in [-0.2, -0.15) is 0 Å². The first kappa shape index (κ1) is 16.6. The lowest BCUT2D eigenvalue weighted by atomic mass is 9.95. The van der Waals surface area contributed by atoms with Gasteiger partial charge in [0.15, 0.2) is 0 Å². The number of carbonyl (C=O) groups is 1. The van der Waals surface area contributed by atoms with Gasteiger partial charge in [-0.3, -0.25) is 4.79 Å². The van der Waals surface area contributed by atoms with E-state index in [-0.39, 0.29) is 16.8 Å². The number of amides is 1. The van der Waals surface area contributed by atoms with Crippen LogP contribution in [0.15, 0.2) is 24.3 Å². The summed E-state index contributed by atoms with van der Waals surface area (Å²) in [5, 5.41) is 2.88. The number of thiocarbonyl (C=S) groups is 1. The van der Waals surface area contributed by atoms with Crippen molar-refractivity contribution in [2.75, 3.05) is 5.32 Å². The highest BCUT2D eigenvalue weighted by molar-refractivity contribution is 7.80. The lowest BCUT2D eigenvalue weighted by Gasteiger charge is -2.18. The molecule has 3 nitrogen and oxygen atoms in total. The van der Waals surface area contributed by atoms with E-state index in [9.17, 15) is 4.79 Å². The monoisotopic (exact) mass is 292 g/mol. The van der Waals surface area contributed by atoms with E-state index in [4.69, 9.17) is 18.0 Å². The van der Waals surface area contributed by atoms with Crippen LogP contribution in [0.4, 0.5) is 5.69 Å². The standard InChI is InChI=1S/C16H24N2OS/c1-4-5-6-12-7-9-13(10-8-12)18-16(19)14(11(2)3)15(17)20/h7-11,14H,4-6H2,1-3H3,(H2,17,20)(H,18,19). The van der Waals surface area contributed by atoms with Crippen molar-refractivity contribution >= 4 is 28.8 Å². The van der Waals surface area contributed by atoms with Gasteiger partial charge in [-0.05, 0) is 36.5 Å². The third-order valence-corrected chi connectivity index (χ3v) is 3.55. The predicted octanol–water partition coefficient (Wildman–Crippen LogP) is 3.53. The Balaban J connectivity index is 2.68. The van der Waals surface area contributed by atoms with E-state index < -0.39 is 5.92 Å². The smallest absolute Gasteiger partial charge is 0.234 e. The molecule has 0 aliphatic carbocycles. The zero-order chi connectivity index (χ0) is 15.1. The topological polar surface area (TPSA) is 55.1 Å². The number of aryl methyl sites for hydroxylation is 1. The van der Waals surface area contributed by atoms with Crippen LogP contribution in [0.3, 0.4) is 0 Å². The quantitative estimate of drug-likeness (QED) is 0.756. The molecule has 1 unspecified atom stereocenters. The predicted molar refractivity (Wildman–Crippen MR) is 88.8 cm³/mol. The maximum Gasteiger partial charge on any atom is 0.234 e. The highest BCUT2D eigenvalue weighted by Crippen LogP contribution is 2.16. The van der Waals surface area contributed by atoms with Crippen molar-refractivity contribution < 1.29 is 4.79 Å². The van der Waals surface area contributed by atoms with Crippen molar-refractivity contribution in [1.29, 1.82) is 0 Å². The molecule has 1 aromatic carbocycles. The molecule has 0 aliphatic heterocycles. The first-order valence-corrected chi connectivity index (χ1v) is 7.55. The molecule has 0 radical (unpaired) electrons. The summed E-state index contributed by atoms with van der Waals surface area (Å²) >= 11 is 4.97. The van der Waals surface area contributed by atoms with E-state index in [1.165, 1.54) is 18.4 Å². The zero-order valence-corrected chi connectivity index (χ0v) is 13.3. The largest absolute Gasteiger partial charge is 0.393 e. The number of nitrogens with two attached hydrogens (primary N) is 1. The number of hydrogen-bond donors (Lipinski definition) is 2. The number of unbranched alkanes of at least 4 members (excludes halogenated alkanes) is 1. The summed E-state index contributed by atoms with van der Waals surface area (Å²) in [4.78, 5) is 12.4. The van der Waals surface area contributed by atoms with Crippen molar-refractivity contribution in [3.8, 4) is 0 Å². The minimum atomic E-state index is -0.426. The van der Waals surface area contributed by atoms with Crippen LogP contribution >= 0.6 is 12.2 Å². The van der Waals surface area contributed by atoms with Crippen LogP contribution in [0.5, 0.6) is 0 Å². The van der Waals surface area contributed by atoms with Crippen LogP contribution in [0.1, 0.15) is 39.2 Å². The second-order valence-corrected chi connectivity index (χ2v) is 5.89. The van der Waals surface area contributed by atoms with Crippen LogP contribution in [-0.2, 0) is 11.2 Å². The van der Waals surface area contributed by atoms with Gasteiger partial charge in [0.2, 0.25) is 5.91 Å². The van der Waals surface area contributed by atoms with Gasteiger partial charge in [0.05, 0.1) is 10.9 Å². The van der Waals surface area contributed by atoms with Gasteiger partial charge < -0.3 is 11.1 Å². The number of hydrogen-bond acceptors (Lipinski definition) is 2. The van der Waals surface area contributed by atoms with Crippen molar-refractivity contribution in [2.24, 2.45) is 17.6 Å². The average Bonchev–Trinajstić information content (AvgIpc) is 2.37. The summed E-state index contributed by atoms with van der Waals surface area (Å²) in [5.74, 6) is -0.463. The fraction of sp³-hybridized carbons (Fsp3) is 0.500. The molecule has 1 atom stereocenters. The fourth-order valence-electron chi connectivity index (χ4n) is 2.12. The second-order valence-electron chi connectivity index (χ2n) is 5.41. The Morgan fingerprint density at radius 3 is 2.35 bits per heavy atom. The van der Waals surface area contributed by atoms with Gasteiger partial charge >= 0.3 is 0 Å². The van der Waals surface area contributed by atoms with Crippen LogP contribution < -0.4 is 11.1 Å². The first-order chi connectivity index (χ1) is 9.45. The van der Waals surface area contributed by atoms with Crippen LogP contribution in [-0.4, -0.2) is 10.9 Å². The molecule has 0 saturated carbocycles. The van der Waals surface area contributed by atoms with E-state index in [1.807, 2.05) is 26.0 Å². The molecule has 0 aliphatic rings. The maximum atomic E-state index is 12.2. The minimum absolute atomic E-state index is 0.0938. The first-order valence-electron chi connectivity index (χ1n) is 7.14. The molecule has 110 valence electrons. The lowest BCUT2D eigenvalue weighted by Crippen LogP contribution is -2.36. The molecule has 0 saturated heterocycles. The SMILES string of the molecule is CCCCc1ccc(NC(=O)C(C(N)=S)C(C)C)cc1. The molecular formula is C16H24N2OS. The van der Waals surface area contributed by atoms with Crippen LogP contribution in [0.25, 0.3) is 0 Å². The zero-order valence-electron chi connectivity index (χ0n) is 12.5. The summed E-state index contributed by atoms with van der Waals surface area (Å²) in [6.45, 7) is 6.06. The summed E-state index contributed by atoms with van der Waals surface area (Å²) in [6, 6.07) is 7.96. The number of rotatable bonds is 7. The van der Waals surface area contributed by atoms with Gasteiger partial charge in [0.1, 0.15) is 0 Å². The lowest BCUT2D eigenvalue weighted by molar-refractivity contribution is -0.118. The minimum Gasteiger partial charge on any atom is -0.393 e. The Hall–Kier alpha value is -1.42. The molecule has 1 amide bonds. The molecule has 20 heavy (non-hydrogen) atoms. The molecule has 1 rings (SSSR count). The third kappa shape index (κ3) is 4.93. The Bertz CT molecular complexity index is 454. The van der Waals surface area contributed by atoms with Gasteiger partial charge in [0, 0.05) is 5.69 Å². The molecule has 0 bridgehead atoms. The van der Waals surface area contributed by atoms with Gasteiger partial charge in [-0.1, -0.05) is 51.5 Å². The Morgan fingerprint density at radius 2 is 1.90 bits per heavy atom. The van der Waals surface area contributed by atoms with Gasteiger partial charge in [0.25, 0.3) is 0 Å². The molecule has 0 fully saturated rings. The van der Waals surface area contributed by atoms with Crippen molar-refractivity contribution in [3.05, 3.63) is 29.8 Å². The van der Waals surface area contributed by atoms with E-state index in [2.05, 4.69) is 24.4 Å². The van der Waals surface area contributed by atoms with Crippen LogP contribution in [0.2, 0.25) is 0 Å². The number of carbonyl (C=O) groups excluding carboxylic acids is 1. The van der Waals surface area contributed by atoms with Crippen molar-refractivity contribution in [1.82, 2.24) is 0 Å². The maximum absolute atomic E-state index is 12.2. The van der Waals surface area contributed by atoms with Gasteiger partial charge in [-0.15, -0.1) is 0 Å². The highest BCUT2D eigenvalue weighted by atomic mass is 32.1. The Kier molecular flexibility index (Phi) is 6.65. The molecule has 1 aromatic rings. The molecule has 3 N–H and O–H groups in total. The van der Waals surface area contributed by atoms with E-state index >= 15 is 0 Å². The molecule has 0 aromatic heterocycles. The van der Waals surface area contributed by atoms with E-state index in [1.54, 1.807) is 0 Å². The van der Waals surface area contributed by atoms with Gasteiger partial charge in [-0.25, -0.2) is 0 Å². The summed E-state index contributed by atoms with van der Waals surface area (Å²) in [6.07, 6.45) is 3.44.